The summed E-state index contributed by atoms with van der Waals surface area (Å²) in [6, 6.07) is 46.7. The van der Waals surface area contributed by atoms with Crippen LogP contribution in [0.2, 0.25) is 5.02 Å². The molecule has 0 atom stereocenters. The normalized spacial score (nSPS) is 10.5. The highest BCUT2D eigenvalue weighted by molar-refractivity contribution is 6.31. The maximum Gasteiger partial charge on any atom is 0.417 e. The van der Waals surface area contributed by atoms with Gasteiger partial charge in [0.15, 0.2) is 40.7 Å². The molecule has 0 aliphatic rings. The van der Waals surface area contributed by atoms with E-state index < -0.39 is 104 Å². The quantitative estimate of drug-likeness (QED) is 0.0909. The number of alkyl halides is 9. The van der Waals surface area contributed by atoms with Crippen LogP contribution in [0.1, 0.15) is 162 Å². The van der Waals surface area contributed by atoms with Gasteiger partial charge in [0.05, 0.1) is 16.7 Å². The van der Waals surface area contributed by atoms with Crippen molar-refractivity contribution in [3.8, 4) is 0 Å². The lowest BCUT2D eigenvalue weighted by molar-refractivity contribution is -0.162. The fourth-order valence-corrected chi connectivity index (χ4v) is 9.97. The molecular formula is C94H99ClF20O. The SMILES string of the molecule is CC(=O)c1cc(C)ccc1C.Cc1c(F)c(F)c(C)c(F)c1F.Cc1cc(F)c(C)c(F)c1.Cc1cc(F)c(C)cc1F.Cc1ccc(C)c(C(F)(F)F)c1.Cc1ccc(C)c(C(F)(F)F)c1C(F)(F)F.Cc1ccc(C)c(C)c1.Cc1ccc(C)c(Cl)c1.Cc1ccc(C)c(F)c1.Cc1ccc(C)c(F)c1F.Cc1ccc(C)cc1. The fourth-order valence-electron chi connectivity index (χ4n) is 9.73. The average Bonchev–Trinajstić information content (AvgIpc) is 0.772. The molecule has 0 saturated carbocycles. The number of carbonyl (C=O) groups excluding carboxylic acids is 1. The predicted molar refractivity (Wildman–Crippen MR) is 429 cm³/mol. The smallest absolute Gasteiger partial charge is 0.295 e. The first-order valence-electron chi connectivity index (χ1n) is 35.8. The van der Waals surface area contributed by atoms with Gasteiger partial charge in [-0.05, 0) is 298 Å². The second-order valence-electron chi connectivity index (χ2n) is 27.9. The Balaban J connectivity index is 0.000000641. The van der Waals surface area contributed by atoms with E-state index in [2.05, 4.69) is 83.1 Å². The molecule has 11 aromatic carbocycles. The monoisotopic (exact) mass is 1660 g/mol. The Morgan fingerprint density at radius 2 is 0.517 bits per heavy atom. The summed E-state index contributed by atoms with van der Waals surface area (Å²) in [5.74, 6) is -8.40. The maximum absolute atomic E-state index is 12.7. The summed E-state index contributed by atoms with van der Waals surface area (Å²) in [7, 11) is 0. The van der Waals surface area contributed by atoms with Crippen molar-refractivity contribution < 1.29 is 92.6 Å². The second-order valence-corrected chi connectivity index (χ2v) is 28.3. The Labute approximate surface area is 674 Å². The minimum absolute atomic E-state index is 0.0885. The van der Waals surface area contributed by atoms with E-state index in [9.17, 15) is 92.6 Å². The van der Waals surface area contributed by atoms with Crippen LogP contribution in [0.4, 0.5) is 87.8 Å². The van der Waals surface area contributed by atoms with E-state index in [1.165, 1.54) is 111 Å². The van der Waals surface area contributed by atoms with E-state index >= 15 is 0 Å². The highest BCUT2D eigenvalue weighted by atomic mass is 35.5. The van der Waals surface area contributed by atoms with Gasteiger partial charge in [-0.2, -0.15) is 39.5 Å². The molecule has 0 aliphatic heterocycles. The number of hydrogen-bond donors (Lipinski definition) is 0. The maximum atomic E-state index is 12.7. The third-order valence-corrected chi connectivity index (χ3v) is 17.6. The number of aryl methyl sites for hydroxylation is 20. The lowest BCUT2D eigenvalue weighted by atomic mass is 9.96. The average molecular weight is 1660 g/mol. The molecule has 628 valence electrons. The van der Waals surface area contributed by atoms with Crippen LogP contribution in [0.3, 0.4) is 0 Å². The summed E-state index contributed by atoms with van der Waals surface area (Å²) in [5.41, 5.74) is 11.0. The van der Waals surface area contributed by atoms with Gasteiger partial charge >= 0.3 is 18.5 Å². The molecule has 0 spiro atoms. The van der Waals surface area contributed by atoms with Gasteiger partial charge < -0.3 is 0 Å². The van der Waals surface area contributed by atoms with Crippen LogP contribution in [0.25, 0.3) is 0 Å². The van der Waals surface area contributed by atoms with Gasteiger partial charge in [0.25, 0.3) is 0 Å². The molecule has 0 fully saturated rings. The molecule has 0 saturated heterocycles. The van der Waals surface area contributed by atoms with Gasteiger partial charge in [-0.25, -0.2) is 48.3 Å². The zero-order chi connectivity index (χ0) is 89.7. The third kappa shape index (κ3) is 35.2. The summed E-state index contributed by atoms with van der Waals surface area (Å²) in [6.07, 6.45) is -14.2. The summed E-state index contributed by atoms with van der Waals surface area (Å²) >= 11 is 5.81. The first kappa shape index (κ1) is 104. The zero-order valence-electron chi connectivity index (χ0n) is 69.4. The van der Waals surface area contributed by atoms with Crippen molar-refractivity contribution >= 4 is 17.4 Å². The Bertz CT molecular complexity index is 4670. The van der Waals surface area contributed by atoms with Crippen molar-refractivity contribution in [2.45, 2.75) is 185 Å². The Hall–Kier alpha value is -10.0. The predicted octanol–water partition coefficient (Wildman–Crippen LogP) is 31.1. The van der Waals surface area contributed by atoms with Crippen molar-refractivity contribution in [3.63, 3.8) is 0 Å². The largest absolute Gasteiger partial charge is 0.417 e. The van der Waals surface area contributed by atoms with Crippen LogP contribution in [0.15, 0.2) is 164 Å². The Morgan fingerprint density at radius 1 is 0.233 bits per heavy atom. The lowest BCUT2D eigenvalue weighted by Gasteiger charge is -2.19. The number of hydrogen-bond acceptors (Lipinski definition) is 1. The summed E-state index contributed by atoms with van der Waals surface area (Å²) < 4.78 is 251. The molecule has 0 bridgehead atoms. The first-order chi connectivity index (χ1) is 53.3. The number of halogens is 21. The van der Waals surface area contributed by atoms with Crippen LogP contribution >= 0.6 is 11.6 Å². The van der Waals surface area contributed by atoms with E-state index in [-0.39, 0.29) is 34.4 Å². The van der Waals surface area contributed by atoms with Gasteiger partial charge in [-0.15, -0.1) is 0 Å². The van der Waals surface area contributed by atoms with Crippen LogP contribution in [0.5, 0.6) is 0 Å². The minimum atomic E-state index is -5.00. The van der Waals surface area contributed by atoms with Crippen molar-refractivity contribution in [1.82, 2.24) is 0 Å². The van der Waals surface area contributed by atoms with Crippen LogP contribution in [-0.4, -0.2) is 5.78 Å². The molecule has 0 aliphatic carbocycles. The van der Waals surface area contributed by atoms with Crippen molar-refractivity contribution in [2.75, 3.05) is 0 Å². The van der Waals surface area contributed by atoms with E-state index in [4.69, 9.17) is 11.6 Å². The third-order valence-electron chi connectivity index (χ3n) is 17.2. The molecule has 11 aromatic rings. The van der Waals surface area contributed by atoms with Crippen molar-refractivity contribution in [1.29, 1.82) is 0 Å². The van der Waals surface area contributed by atoms with Crippen molar-refractivity contribution in [3.05, 3.63) is 383 Å². The van der Waals surface area contributed by atoms with Gasteiger partial charge in [0.2, 0.25) is 0 Å². The standard InChI is InChI=1S/C10H8F6.C10H12O.C9H9F3.C9H12.C8H9Cl.C8H6F4.3C8H8F2.C8H9F.C8H10/c1-5-3-4-6(2)8(10(14,15)16)7(5)9(11,12)13;1-7-4-5-8(2)10(6-7)9(3)11;1-6-3-4-7(2)8(5-6)9(10,11)12;1-7-4-5-8(2)9(3)6-7;1-6-3-4-7(2)8(9)5-6;1-3-5(9)7(11)4(2)8(12)6(3)10;1-5-3-8(10)6(2)4-7(5)9;1-5-3-7(9)6(2)8(10)4-5;1-5-3-4-6(2)8(10)7(5)9;1-6-3-4-7(2)8(9)5-6;1-7-3-5-8(2)6-4-7/h3-4H,1-2H3;4-6H,1-3H3;3-5H,1-2H3;4-6H,1-3H3;3-5H,1-2H3;1-2H3;3*3-4H,1-2H3;3-5H,1-2H3;3-6H,1-2H3. The van der Waals surface area contributed by atoms with Gasteiger partial charge in [0, 0.05) is 27.3 Å². The number of rotatable bonds is 1. The van der Waals surface area contributed by atoms with E-state index in [1.807, 2.05) is 71.0 Å². The van der Waals surface area contributed by atoms with Crippen molar-refractivity contribution in [2.24, 2.45) is 0 Å². The molecule has 0 aromatic heterocycles. The second kappa shape index (κ2) is 47.3. The van der Waals surface area contributed by atoms with Gasteiger partial charge in [-0.3, -0.25) is 4.79 Å². The summed E-state index contributed by atoms with van der Waals surface area (Å²) in [4.78, 5) is 11.0. The summed E-state index contributed by atoms with van der Waals surface area (Å²) in [5, 5.41) is 0.856. The fraction of sp³-hybridized carbons (Fsp3) is 0.287. The Kier molecular flexibility index (Phi) is 42.4. The number of ketones is 1. The lowest BCUT2D eigenvalue weighted by Crippen LogP contribution is -2.19. The molecule has 22 heteroatoms. The minimum Gasteiger partial charge on any atom is -0.295 e. The van der Waals surface area contributed by atoms with Gasteiger partial charge in [-0.1, -0.05) is 155 Å². The number of carbonyl (C=O) groups is 1. The van der Waals surface area contributed by atoms with E-state index in [0.29, 0.717) is 38.9 Å². The first-order valence-corrected chi connectivity index (χ1v) is 36.2. The molecular weight excluding hydrogens is 1560 g/mol. The highest BCUT2D eigenvalue weighted by Crippen LogP contribution is 2.43. The molecule has 116 heavy (non-hydrogen) atoms. The zero-order valence-corrected chi connectivity index (χ0v) is 70.2. The van der Waals surface area contributed by atoms with Gasteiger partial charge in [0.1, 0.15) is 29.1 Å². The van der Waals surface area contributed by atoms with E-state index in [0.717, 1.165) is 78.7 Å². The van der Waals surface area contributed by atoms with Crippen LogP contribution in [-0.2, 0) is 18.5 Å². The highest BCUT2D eigenvalue weighted by Gasteiger charge is 2.45. The molecule has 11 rings (SSSR count). The van der Waals surface area contributed by atoms with E-state index in [1.54, 1.807) is 52.0 Å². The summed E-state index contributed by atoms with van der Waals surface area (Å²) in [6.45, 7) is 40.1. The molecule has 0 N–H and O–H groups in total. The molecule has 0 unspecified atom stereocenters. The van der Waals surface area contributed by atoms with Crippen LogP contribution in [0, 0.1) is 223 Å². The molecule has 1 nitrogen and oxygen atoms in total. The Morgan fingerprint density at radius 3 is 0.819 bits per heavy atom. The number of Topliss-reactive ketones (excluding diaryl/α,β-unsaturated/α-hetero) is 1. The molecule has 0 radical (unpaired) electrons. The molecule has 0 heterocycles. The topological polar surface area (TPSA) is 17.1 Å². The number of benzene rings is 11. The van der Waals surface area contributed by atoms with Crippen LogP contribution < -0.4 is 0 Å². The molecule has 0 amide bonds.